The van der Waals surface area contributed by atoms with Gasteiger partial charge in [0.05, 0.1) is 33.2 Å². The van der Waals surface area contributed by atoms with Crippen molar-refractivity contribution in [2.75, 3.05) is 55.7 Å². The minimum absolute atomic E-state index is 0.00901. The monoisotopic (exact) mass is 1280 g/mol. The zero-order valence-corrected chi connectivity index (χ0v) is 52.6. The van der Waals surface area contributed by atoms with Gasteiger partial charge in [0, 0.05) is 37.3 Å². The minimum atomic E-state index is -4.19. The number of thiophene rings is 1. The van der Waals surface area contributed by atoms with Gasteiger partial charge >= 0.3 is 0 Å². The van der Waals surface area contributed by atoms with Gasteiger partial charge in [-0.1, -0.05) is 77.1 Å². The number of hydrogen-bond donors (Lipinski definition) is 4. The number of nitrogens with zero attached hydrogens (tertiary/aromatic N) is 6. The molecule has 2 aliphatic rings. The van der Waals surface area contributed by atoms with Crippen molar-refractivity contribution in [1.82, 2.24) is 39.3 Å². The molecule has 5 aromatic heterocycles. The van der Waals surface area contributed by atoms with Crippen molar-refractivity contribution in [1.29, 1.82) is 0 Å². The quantitative estimate of drug-likeness (QED) is 0.0294. The molecule has 0 radical (unpaired) electrons. The molecule has 2 aliphatic carbocycles. The van der Waals surface area contributed by atoms with Crippen LogP contribution in [-0.4, -0.2) is 110 Å². The summed E-state index contributed by atoms with van der Waals surface area (Å²) in [4.78, 5) is 26.6. The van der Waals surface area contributed by atoms with E-state index in [4.69, 9.17) is 28.4 Å². The van der Waals surface area contributed by atoms with Crippen molar-refractivity contribution >= 4 is 63.1 Å². The van der Waals surface area contributed by atoms with E-state index in [1.165, 1.54) is 44.8 Å². The Hall–Kier alpha value is -7.28. The Kier molecular flexibility index (Phi) is 21.8. The number of aromatic nitrogens is 6. The smallest absolute Gasteiger partial charge is 0.280 e. The predicted molar refractivity (Wildman–Crippen MR) is 324 cm³/mol. The van der Waals surface area contributed by atoms with Crippen LogP contribution in [0.15, 0.2) is 117 Å². The van der Waals surface area contributed by atoms with Crippen LogP contribution in [0.5, 0.6) is 46.3 Å². The largest absolute Gasteiger partial charge is 0.493 e. The van der Waals surface area contributed by atoms with Crippen molar-refractivity contribution in [3.8, 4) is 46.3 Å². The zero-order chi connectivity index (χ0) is 61.7. The van der Waals surface area contributed by atoms with E-state index >= 15 is 0 Å². The number of pyridine rings is 2. The molecule has 2 aromatic carbocycles. The summed E-state index contributed by atoms with van der Waals surface area (Å²) in [5, 5.41) is 1.33. The number of methoxy groups -OCH3 is 2. The molecule has 86 heavy (non-hydrogen) atoms. The third-order valence-corrected chi connectivity index (χ3v) is 19.9. The number of para-hydroxylation sites is 4. The van der Waals surface area contributed by atoms with E-state index in [9.17, 15) is 33.7 Å². The maximum absolute atomic E-state index is 13.5. The Morgan fingerprint density at radius 3 is 1.36 bits per heavy atom. The first-order chi connectivity index (χ1) is 41.1. The lowest BCUT2D eigenvalue weighted by Crippen LogP contribution is -2.28. The summed E-state index contributed by atoms with van der Waals surface area (Å²) in [6.45, 7) is 10.2. The van der Waals surface area contributed by atoms with Gasteiger partial charge in [-0.2, -0.15) is 26.8 Å². The lowest BCUT2D eigenvalue weighted by Gasteiger charge is -2.18. The fraction of sp³-hybridized carbons (Fsp3) is 0.404. The van der Waals surface area contributed by atoms with E-state index in [0.29, 0.717) is 48.2 Å². The molecule has 0 amide bonds. The van der Waals surface area contributed by atoms with Gasteiger partial charge in [-0.15, -0.1) is 11.3 Å². The third-order valence-electron chi connectivity index (χ3n) is 13.0. The molecule has 0 aliphatic heterocycles. The first-order valence-electron chi connectivity index (χ1n) is 27.8. The van der Waals surface area contributed by atoms with E-state index in [0.717, 1.165) is 48.1 Å². The van der Waals surface area contributed by atoms with Crippen molar-refractivity contribution in [2.24, 2.45) is 0 Å². The summed E-state index contributed by atoms with van der Waals surface area (Å²) in [5.41, 5.74) is 1.80. The predicted octanol–water partition coefficient (Wildman–Crippen LogP) is 9.86. The number of anilines is 2. The van der Waals surface area contributed by atoms with Crippen molar-refractivity contribution in [3.05, 3.63) is 125 Å². The van der Waals surface area contributed by atoms with E-state index in [1.807, 2.05) is 27.7 Å². The van der Waals surface area contributed by atoms with Crippen LogP contribution in [0, 0.1) is 0 Å². The molecule has 5 heterocycles. The summed E-state index contributed by atoms with van der Waals surface area (Å²) in [5.74, 6) is 2.40. The van der Waals surface area contributed by atoms with Crippen LogP contribution in [0.3, 0.4) is 0 Å². The summed E-state index contributed by atoms with van der Waals surface area (Å²) >= 11 is 1.13. The second kappa shape index (κ2) is 28.9. The van der Waals surface area contributed by atoms with Gasteiger partial charge in [0.15, 0.2) is 44.7 Å². The minimum Gasteiger partial charge on any atom is -0.493 e. The molecule has 7 aromatic rings. The summed E-state index contributed by atoms with van der Waals surface area (Å²) in [6.07, 6.45) is 7.62. The average Bonchev–Trinajstić information content (AvgIpc) is 1.53. The van der Waals surface area contributed by atoms with Crippen molar-refractivity contribution in [2.45, 2.75) is 117 Å². The highest BCUT2D eigenvalue weighted by atomic mass is 32.2. The van der Waals surface area contributed by atoms with Crippen LogP contribution >= 0.6 is 11.3 Å². The topological polar surface area (TPSA) is 317 Å². The van der Waals surface area contributed by atoms with E-state index in [2.05, 4.69) is 48.8 Å². The summed E-state index contributed by atoms with van der Waals surface area (Å²) in [7, 11) is -12.4. The highest BCUT2D eigenvalue weighted by Crippen LogP contribution is 2.47. The first-order valence-corrected chi connectivity index (χ1v) is 34.8. The lowest BCUT2D eigenvalue weighted by molar-refractivity contribution is 0.281. The van der Waals surface area contributed by atoms with Crippen LogP contribution in [0.1, 0.15) is 126 Å². The van der Waals surface area contributed by atoms with Gasteiger partial charge in [0.1, 0.15) is 15.9 Å². The second-order valence-corrected chi connectivity index (χ2v) is 28.6. The molecule has 0 bridgehead atoms. The first kappa shape index (κ1) is 64.7. The maximum Gasteiger partial charge on any atom is 0.280 e. The van der Waals surface area contributed by atoms with Gasteiger partial charge in [-0.3, -0.25) is 9.44 Å². The number of sulfonamides is 4. The Labute approximate surface area is 506 Å². The number of ether oxygens (including phenoxy) is 6. The van der Waals surface area contributed by atoms with Gasteiger partial charge in [0.2, 0.25) is 31.5 Å². The van der Waals surface area contributed by atoms with Crippen LogP contribution in [0.25, 0.3) is 0 Å². The van der Waals surface area contributed by atoms with Gasteiger partial charge < -0.3 is 28.4 Å². The molecule has 0 atom stereocenters. The lowest BCUT2D eigenvalue weighted by atomic mass is 10.1. The molecule has 29 heteroatoms. The Balaban J connectivity index is 0.000000224. The van der Waals surface area contributed by atoms with Crippen LogP contribution in [0.2, 0.25) is 0 Å². The standard InChI is InChI=1S/C29H33N5O7S3.C28H37N5O7S2/c1-19(2)21-13-14-24(30-18-21)43(35,36)34-28-26(41-23-9-5-4-8-22(23)39-3)29(33-27(32-28)20-11-12-20)40-16-7-15-31-44(37,38)25-10-6-17-42-25;1-5-17-41(34,35)30-15-8-16-39-28-25(40-23-10-7-6-9-22(23)38-4)27(31-26(32-28)20-11-12-20)33-42(36,37)24-14-13-21(18-29-24)19(2)3/h4-6,8-10,13-14,17-20,31H,7,11-12,15-16H2,1-3H3,(H,32,33,34);6-7,9-10,13-14,18-20,30H,5,8,11-12,15-17H2,1-4H3,(H,31,32,33). The summed E-state index contributed by atoms with van der Waals surface area (Å²) in [6, 6.07) is 23.2. The molecule has 0 spiro atoms. The normalized spacial score (nSPS) is 13.6. The molecule has 0 saturated heterocycles. The zero-order valence-electron chi connectivity index (χ0n) is 48.5. The number of hydrogen-bond acceptors (Lipinski definition) is 21. The molecular formula is C57H70N10O14S5. The van der Waals surface area contributed by atoms with Crippen molar-refractivity contribution in [3.63, 3.8) is 0 Å². The molecule has 2 saturated carbocycles. The number of benzene rings is 2. The highest BCUT2D eigenvalue weighted by Gasteiger charge is 2.34. The summed E-state index contributed by atoms with van der Waals surface area (Å²) < 4.78 is 148. The Morgan fingerprint density at radius 2 is 0.988 bits per heavy atom. The molecular weight excluding hydrogens is 1210 g/mol. The fourth-order valence-electron chi connectivity index (χ4n) is 7.97. The molecule has 24 nitrogen and oxygen atoms in total. The SMILES string of the molecule is CCCS(=O)(=O)NCCCOc1nc(C2CC2)nc(NS(=O)(=O)c2ccc(C(C)C)cn2)c1Oc1ccccc1OC.COc1ccccc1Oc1c(NS(=O)(=O)c2ccc(C(C)C)cn2)nc(C2CC2)nc1OCCCNS(=O)(=O)c1cccs1. The van der Waals surface area contributed by atoms with Gasteiger partial charge in [-0.05, 0) is 116 Å². The van der Waals surface area contributed by atoms with Crippen LogP contribution in [-0.2, 0) is 40.1 Å². The molecule has 2 fully saturated rings. The highest BCUT2D eigenvalue weighted by molar-refractivity contribution is 7.93. The second-order valence-electron chi connectivity index (χ2n) is 20.5. The van der Waals surface area contributed by atoms with E-state index in [-0.39, 0.29) is 111 Å². The third kappa shape index (κ3) is 17.7. The van der Waals surface area contributed by atoms with E-state index < -0.39 is 40.1 Å². The Morgan fingerprint density at radius 1 is 0.547 bits per heavy atom. The fourth-order valence-corrected chi connectivity index (χ4v) is 13.1. The molecule has 4 N–H and O–H groups in total. The van der Waals surface area contributed by atoms with Crippen molar-refractivity contribution < 1.29 is 62.1 Å². The maximum atomic E-state index is 13.5. The number of nitrogens with one attached hydrogen (secondary N) is 4. The molecule has 0 unspecified atom stereocenters. The molecule has 462 valence electrons. The number of rotatable bonds is 31. The van der Waals surface area contributed by atoms with Gasteiger partial charge in [0.25, 0.3) is 31.8 Å². The van der Waals surface area contributed by atoms with Gasteiger partial charge in [-0.25, -0.2) is 46.2 Å². The average molecular weight is 1280 g/mol. The van der Waals surface area contributed by atoms with Crippen LogP contribution < -0.4 is 47.3 Å². The Bertz CT molecular complexity index is 3870. The molecule has 9 rings (SSSR count). The van der Waals surface area contributed by atoms with Crippen LogP contribution in [0.4, 0.5) is 11.6 Å². The van der Waals surface area contributed by atoms with E-state index in [1.54, 1.807) is 79.0 Å².